The number of anilines is 1. The number of hydrogen-bond acceptors (Lipinski definition) is 4. The zero-order chi connectivity index (χ0) is 17.3. The quantitative estimate of drug-likeness (QED) is 0.679. The Morgan fingerprint density at radius 1 is 1.00 bits per heavy atom. The Kier molecular flexibility index (Phi) is 3.96. The second kappa shape index (κ2) is 5.95. The Morgan fingerprint density at radius 3 is 2.50 bits per heavy atom. The Bertz CT molecular complexity index is 1050. The molecule has 0 bridgehead atoms. The zero-order valence-corrected chi connectivity index (χ0v) is 13.2. The second-order valence-corrected chi connectivity index (χ2v) is 6.77. The largest absolute Gasteiger partial charge is 0.506 e. The van der Waals surface area contributed by atoms with Gasteiger partial charge >= 0.3 is 0 Å². The number of benzene rings is 3. The first-order valence-corrected chi connectivity index (χ1v) is 8.56. The molecule has 0 aliphatic carbocycles. The van der Waals surface area contributed by atoms with Gasteiger partial charge in [0.05, 0.1) is 10.5 Å². The van der Waals surface area contributed by atoms with E-state index in [9.17, 15) is 18.3 Å². The highest BCUT2D eigenvalue weighted by atomic mass is 32.2. The van der Waals surface area contributed by atoms with Gasteiger partial charge in [-0.2, -0.15) is 0 Å². The number of carbonyl (C=O) groups excluding carboxylic acids is 1. The van der Waals surface area contributed by atoms with Crippen LogP contribution in [0.3, 0.4) is 0 Å². The van der Waals surface area contributed by atoms with Crippen molar-refractivity contribution in [2.24, 2.45) is 5.14 Å². The molecule has 3 rings (SSSR count). The van der Waals surface area contributed by atoms with E-state index in [0.29, 0.717) is 5.39 Å². The van der Waals surface area contributed by atoms with Crippen molar-refractivity contribution in [2.75, 3.05) is 5.32 Å². The summed E-state index contributed by atoms with van der Waals surface area (Å²) < 4.78 is 22.7. The smallest absolute Gasteiger partial charge is 0.259 e. The molecule has 1 amide bonds. The van der Waals surface area contributed by atoms with E-state index in [2.05, 4.69) is 5.32 Å². The minimum atomic E-state index is -3.86. The first kappa shape index (κ1) is 16.0. The highest BCUT2D eigenvalue weighted by Crippen LogP contribution is 2.29. The predicted molar refractivity (Wildman–Crippen MR) is 91.4 cm³/mol. The zero-order valence-electron chi connectivity index (χ0n) is 12.4. The van der Waals surface area contributed by atoms with E-state index in [-0.39, 0.29) is 21.9 Å². The molecule has 7 heteroatoms. The molecular weight excluding hydrogens is 328 g/mol. The summed E-state index contributed by atoms with van der Waals surface area (Å²) in [6, 6.07) is 16.0. The summed E-state index contributed by atoms with van der Waals surface area (Å²) >= 11 is 0. The number of hydrogen-bond donors (Lipinski definition) is 3. The molecule has 0 saturated heterocycles. The van der Waals surface area contributed by atoms with Gasteiger partial charge in [0, 0.05) is 11.1 Å². The number of amides is 1. The molecule has 0 spiro atoms. The lowest BCUT2D eigenvalue weighted by atomic mass is 10.0. The molecule has 24 heavy (non-hydrogen) atoms. The molecule has 0 radical (unpaired) electrons. The maximum absolute atomic E-state index is 12.4. The van der Waals surface area contributed by atoms with Crippen molar-refractivity contribution in [2.45, 2.75) is 4.90 Å². The van der Waals surface area contributed by atoms with Crippen LogP contribution in [0, 0.1) is 0 Å². The number of carbonyl (C=O) groups is 1. The Morgan fingerprint density at radius 2 is 1.75 bits per heavy atom. The van der Waals surface area contributed by atoms with Gasteiger partial charge in [-0.1, -0.05) is 36.4 Å². The van der Waals surface area contributed by atoms with Gasteiger partial charge < -0.3 is 10.4 Å². The monoisotopic (exact) mass is 342 g/mol. The minimum absolute atomic E-state index is 0.0923. The highest BCUT2D eigenvalue weighted by molar-refractivity contribution is 7.89. The van der Waals surface area contributed by atoms with Crippen LogP contribution in [0.5, 0.6) is 5.75 Å². The van der Waals surface area contributed by atoms with Crippen molar-refractivity contribution in [1.82, 2.24) is 0 Å². The molecule has 0 heterocycles. The number of primary sulfonamides is 1. The highest BCUT2D eigenvalue weighted by Gasteiger charge is 2.15. The fraction of sp³-hybridized carbons (Fsp3) is 0. The number of phenolic OH excluding ortho intramolecular Hbond substituents is 1. The topological polar surface area (TPSA) is 109 Å². The lowest BCUT2D eigenvalue weighted by molar-refractivity contribution is 0.102. The van der Waals surface area contributed by atoms with Gasteiger partial charge in [0.25, 0.3) is 5.91 Å². The molecule has 0 unspecified atom stereocenters. The lowest BCUT2D eigenvalue weighted by Crippen LogP contribution is -2.15. The third kappa shape index (κ3) is 3.08. The maximum atomic E-state index is 12.4. The first-order chi connectivity index (χ1) is 11.4. The number of phenols is 1. The van der Waals surface area contributed by atoms with E-state index >= 15 is 0 Å². The van der Waals surface area contributed by atoms with Gasteiger partial charge in [-0.25, -0.2) is 13.6 Å². The first-order valence-electron chi connectivity index (χ1n) is 7.01. The molecule has 0 aliphatic heterocycles. The van der Waals surface area contributed by atoms with Crippen molar-refractivity contribution in [3.05, 3.63) is 66.2 Å². The van der Waals surface area contributed by atoms with Crippen molar-refractivity contribution in [3.63, 3.8) is 0 Å². The second-order valence-electron chi connectivity index (χ2n) is 5.21. The van der Waals surface area contributed by atoms with Gasteiger partial charge in [0.15, 0.2) is 0 Å². The van der Waals surface area contributed by atoms with E-state index in [0.717, 1.165) is 5.39 Å². The van der Waals surface area contributed by atoms with Crippen LogP contribution in [-0.4, -0.2) is 19.4 Å². The summed E-state index contributed by atoms with van der Waals surface area (Å²) in [5, 5.41) is 19.3. The van der Waals surface area contributed by atoms with Gasteiger partial charge in [-0.05, 0) is 29.7 Å². The predicted octanol–water partition coefficient (Wildman–Crippen LogP) is 2.45. The van der Waals surface area contributed by atoms with E-state index in [1.54, 1.807) is 18.2 Å². The number of fused-ring (bicyclic) bond motifs is 1. The van der Waals surface area contributed by atoms with Crippen LogP contribution in [0.1, 0.15) is 10.4 Å². The summed E-state index contributed by atoms with van der Waals surface area (Å²) in [5.74, 6) is -0.682. The van der Waals surface area contributed by atoms with Crippen LogP contribution >= 0.6 is 0 Å². The van der Waals surface area contributed by atoms with Crippen LogP contribution < -0.4 is 10.5 Å². The Labute approximate surface area is 138 Å². The van der Waals surface area contributed by atoms with Gasteiger partial charge in [-0.15, -0.1) is 0 Å². The summed E-state index contributed by atoms with van der Waals surface area (Å²) in [6.45, 7) is 0. The SMILES string of the molecule is NS(=O)(=O)c1cccc(NC(=O)c2ccc3ccccc3c2O)c1. The van der Waals surface area contributed by atoms with E-state index in [1.807, 2.05) is 12.1 Å². The molecule has 0 saturated carbocycles. The van der Waals surface area contributed by atoms with Gasteiger partial charge in [0.1, 0.15) is 5.75 Å². The van der Waals surface area contributed by atoms with Crippen molar-refractivity contribution < 1.29 is 18.3 Å². The van der Waals surface area contributed by atoms with Crippen LogP contribution in [0.15, 0.2) is 65.6 Å². The molecule has 0 aromatic heterocycles. The summed E-state index contributed by atoms with van der Waals surface area (Å²) in [6.07, 6.45) is 0. The molecule has 3 aromatic rings. The maximum Gasteiger partial charge on any atom is 0.259 e. The van der Waals surface area contributed by atoms with E-state index in [4.69, 9.17) is 5.14 Å². The van der Waals surface area contributed by atoms with Crippen LogP contribution in [-0.2, 0) is 10.0 Å². The van der Waals surface area contributed by atoms with Gasteiger partial charge in [0.2, 0.25) is 10.0 Å². The fourth-order valence-corrected chi connectivity index (χ4v) is 2.95. The number of nitrogens with two attached hydrogens (primary N) is 1. The summed E-state index contributed by atoms with van der Waals surface area (Å²) in [5.41, 5.74) is 0.355. The fourth-order valence-electron chi connectivity index (χ4n) is 2.39. The molecule has 122 valence electrons. The number of nitrogens with one attached hydrogen (secondary N) is 1. The summed E-state index contributed by atoms with van der Waals surface area (Å²) in [4.78, 5) is 12.3. The number of rotatable bonds is 3. The van der Waals surface area contributed by atoms with Crippen molar-refractivity contribution >= 4 is 32.4 Å². The van der Waals surface area contributed by atoms with E-state index in [1.165, 1.54) is 30.3 Å². The summed E-state index contributed by atoms with van der Waals surface area (Å²) in [7, 11) is -3.86. The van der Waals surface area contributed by atoms with Crippen molar-refractivity contribution in [1.29, 1.82) is 0 Å². The third-order valence-corrected chi connectivity index (χ3v) is 4.48. The van der Waals surface area contributed by atoms with Crippen LogP contribution in [0.25, 0.3) is 10.8 Å². The van der Waals surface area contributed by atoms with Crippen LogP contribution in [0.4, 0.5) is 5.69 Å². The van der Waals surface area contributed by atoms with Crippen molar-refractivity contribution in [3.8, 4) is 5.75 Å². The molecule has 0 fully saturated rings. The number of aromatic hydroxyl groups is 1. The van der Waals surface area contributed by atoms with E-state index < -0.39 is 15.9 Å². The molecule has 0 atom stereocenters. The molecular formula is C17H14N2O4S. The average Bonchev–Trinajstić information content (AvgIpc) is 2.55. The average molecular weight is 342 g/mol. The molecule has 0 aliphatic rings. The molecule has 3 aromatic carbocycles. The number of sulfonamides is 1. The Balaban J connectivity index is 1.95. The Hall–Kier alpha value is -2.90. The minimum Gasteiger partial charge on any atom is -0.506 e. The van der Waals surface area contributed by atoms with Crippen LogP contribution in [0.2, 0.25) is 0 Å². The molecule has 4 N–H and O–H groups in total. The standard InChI is InChI=1S/C17H14N2O4S/c18-24(22,23)13-6-3-5-12(10-13)19-17(21)15-9-8-11-4-1-2-7-14(11)16(15)20/h1-10,20H,(H,19,21)(H2,18,22,23). The normalized spacial score (nSPS) is 11.4. The van der Waals surface area contributed by atoms with Gasteiger partial charge in [-0.3, -0.25) is 4.79 Å². The lowest BCUT2D eigenvalue weighted by Gasteiger charge is -2.10. The third-order valence-electron chi connectivity index (χ3n) is 3.57. The molecule has 6 nitrogen and oxygen atoms in total.